The van der Waals surface area contributed by atoms with Crippen molar-refractivity contribution in [3.63, 3.8) is 0 Å². The fourth-order valence-corrected chi connectivity index (χ4v) is 2.74. The van der Waals surface area contributed by atoms with Crippen LogP contribution < -0.4 is 10.6 Å². The summed E-state index contributed by atoms with van der Waals surface area (Å²) in [6.45, 7) is 14.8. The zero-order valence-electron chi connectivity index (χ0n) is 14.6. The molecule has 1 unspecified atom stereocenters. The van der Waals surface area contributed by atoms with Crippen LogP contribution in [0.5, 0.6) is 0 Å². The molecule has 1 amide bonds. The van der Waals surface area contributed by atoms with Gasteiger partial charge in [0.25, 0.3) is 0 Å². The Balaban J connectivity index is 2.24. The summed E-state index contributed by atoms with van der Waals surface area (Å²) >= 11 is 0. The van der Waals surface area contributed by atoms with Crippen LogP contribution in [0.2, 0.25) is 0 Å². The number of likely N-dealkylation sites (tertiary alicyclic amines) is 1. The first kappa shape index (κ1) is 18.4. The Labute approximate surface area is 131 Å². The van der Waals surface area contributed by atoms with Gasteiger partial charge in [-0.15, -0.1) is 0 Å². The zero-order valence-corrected chi connectivity index (χ0v) is 14.6. The van der Waals surface area contributed by atoms with E-state index in [1.165, 1.54) is 12.8 Å². The van der Waals surface area contributed by atoms with Gasteiger partial charge in [0.2, 0.25) is 5.91 Å². The summed E-state index contributed by atoms with van der Waals surface area (Å²) in [5.41, 5.74) is 0. The molecule has 0 radical (unpaired) electrons. The van der Waals surface area contributed by atoms with Gasteiger partial charge in [0, 0.05) is 12.6 Å². The fourth-order valence-electron chi connectivity index (χ4n) is 2.74. The lowest BCUT2D eigenvalue weighted by molar-refractivity contribution is -0.126. The SMILES string of the molecule is CC(C)CCNC(=O)C(C)N1CCC(CNC(C)C)CC1. The van der Waals surface area contributed by atoms with Gasteiger partial charge in [-0.05, 0) is 57.7 Å². The number of nitrogens with zero attached hydrogens (tertiary/aromatic N) is 1. The highest BCUT2D eigenvalue weighted by Crippen LogP contribution is 2.18. The number of hydrogen-bond acceptors (Lipinski definition) is 3. The molecule has 0 bridgehead atoms. The third-order valence-corrected chi connectivity index (χ3v) is 4.41. The van der Waals surface area contributed by atoms with Crippen molar-refractivity contribution in [2.24, 2.45) is 11.8 Å². The van der Waals surface area contributed by atoms with Crippen LogP contribution in [0, 0.1) is 11.8 Å². The summed E-state index contributed by atoms with van der Waals surface area (Å²) in [6.07, 6.45) is 3.45. The monoisotopic (exact) mass is 297 g/mol. The van der Waals surface area contributed by atoms with E-state index >= 15 is 0 Å². The first-order valence-corrected chi connectivity index (χ1v) is 8.65. The van der Waals surface area contributed by atoms with Crippen LogP contribution in [0.25, 0.3) is 0 Å². The van der Waals surface area contributed by atoms with Gasteiger partial charge in [0.15, 0.2) is 0 Å². The molecule has 0 spiro atoms. The van der Waals surface area contributed by atoms with E-state index in [2.05, 4.69) is 43.2 Å². The molecule has 124 valence electrons. The second-order valence-electron chi connectivity index (χ2n) is 7.19. The maximum absolute atomic E-state index is 12.2. The molecule has 4 heteroatoms. The van der Waals surface area contributed by atoms with Gasteiger partial charge in [-0.25, -0.2) is 0 Å². The summed E-state index contributed by atoms with van der Waals surface area (Å²) in [5, 5.41) is 6.59. The van der Waals surface area contributed by atoms with Crippen LogP contribution >= 0.6 is 0 Å². The van der Waals surface area contributed by atoms with Gasteiger partial charge in [-0.1, -0.05) is 27.7 Å². The van der Waals surface area contributed by atoms with E-state index in [4.69, 9.17) is 0 Å². The highest BCUT2D eigenvalue weighted by Gasteiger charge is 2.26. The average Bonchev–Trinajstić information content (AvgIpc) is 2.44. The number of piperidine rings is 1. The summed E-state index contributed by atoms with van der Waals surface area (Å²) < 4.78 is 0. The summed E-state index contributed by atoms with van der Waals surface area (Å²) in [7, 11) is 0. The average molecular weight is 297 g/mol. The van der Waals surface area contributed by atoms with Crippen LogP contribution in [-0.4, -0.2) is 49.1 Å². The quantitative estimate of drug-likeness (QED) is 0.722. The van der Waals surface area contributed by atoms with Crippen molar-refractivity contribution in [1.29, 1.82) is 0 Å². The molecule has 1 heterocycles. The van der Waals surface area contributed by atoms with Gasteiger partial charge in [-0.3, -0.25) is 9.69 Å². The van der Waals surface area contributed by atoms with Crippen molar-refractivity contribution in [1.82, 2.24) is 15.5 Å². The minimum Gasteiger partial charge on any atom is -0.355 e. The summed E-state index contributed by atoms with van der Waals surface area (Å²) in [6, 6.07) is 0.574. The Morgan fingerprint density at radius 2 is 1.76 bits per heavy atom. The Morgan fingerprint density at radius 1 is 1.14 bits per heavy atom. The van der Waals surface area contributed by atoms with E-state index in [1.54, 1.807) is 0 Å². The highest BCUT2D eigenvalue weighted by atomic mass is 16.2. The molecule has 1 aliphatic rings. The summed E-state index contributed by atoms with van der Waals surface area (Å²) in [4.78, 5) is 14.5. The Hall–Kier alpha value is -0.610. The molecular formula is C17H35N3O. The molecule has 0 aliphatic carbocycles. The molecule has 1 atom stereocenters. The van der Waals surface area contributed by atoms with E-state index in [0.29, 0.717) is 12.0 Å². The van der Waals surface area contributed by atoms with Crippen LogP contribution in [-0.2, 0) is 4.79 Å². The predicted octanol–water partition coefficient (Wildman–Crippen LogP) is 2.25. The normalized spacial score (nSPS) is 19.2. The lowest BCUT2D eigenvalue weighted by Crippen LogP contribution is -2.49. The van der Waals surface area contributed by atoms with Crippen molar-refractivity contribution in [2.75, 3.05) is 26.2 Å². The fraction of sp³-hybridized carbons (Fsp3) is 0.941. The third kappa shape index (κ3) is 7.28. The minimum absolute atomic E-state index is 0.0103. The van der Waals surface area contributed by atoms with Crippen molar-refractivity contribution < 1.29 is 4.79 Å². The van der Waals surface area contributed by atoms with Crippen LogP contribution in [0.4, 0.5) is 0 Å². The molecule has 2 N–H and O–H groups in total. The number of hydrogen-bond donors (Lipinski definition) is 2. The number of amides is 1. The third-order valence-electron chi connectivity index (χ3n) is 4.41. The molecule has 1 rings (SSSR count). The standard InChI is InChI=1S/C17H35N3O/c1-13(2)6-9-18-17(21)15(5)20-10-7-16(8-11-20)12-19-14(3)4/h13-16,19H,6-12H2,1-5H3,(H,18,21). The lowest BCUT2D eigenvalue weighted by atomic mass is 9.95. The van der Waals surface area contributed by atoms with Crippen molar-refractivity contribution in [3.8, 4) is 0 Å². The van der Waals surface area contributed by atoms with E-state index < -0.39 is 0 Å². The molecule has 4 nitrogen and oxygen atoms in total. The second-order valence-corrected chi connectivity index (χ2v) is 7.19. The second kappa shape index (κ2) is 9.42. The highest BCUT2D eigenvalue weighted by molar-refractivity contribution is 5.81. The van der Waals surface area contributed by atoms with E-state index in [1.807, 2.05) is 6.92 Å². The first-order valence-electron chi connectivity index (χ1n) is 8.65. The first-order chi connectivity index (χ1) is 9.90. The van der Waals surface area contributed by atoms with Gasteiger partial charge >= 0.3 is 0 Å². The maximum Gasteiger partial charge on any atom is 0.237 e. The summed E-state index contributed by atoms with van der Waals surface area (Å²) in [5.74, 6) is 1.60. The lowest BCUT2D eigenvalue weighted by Gasteiger charge is -2.35. The van der Waals surface area contributed by atoms with Gasteiger partial charge in [0.05, 0.1) is 6.04 Å². The number of nitrogens with one attached hydrogen (secondary N) is 2. The molecule has 0 aromatic carbocycles. The molecule has 0 aromatic rings. The Morgan fingerprint density at radius 3 is 2.29 bits per heavy atom. The van der Waals surface area contributed by atoms with E-state index in [0.717, 1.165) is 38.5 Å². The topological polar surface area (TPSA) is 44.4 Å². The van der Waals surface area contributed by atoms with Crippen LogP contribution in [0.1, 0.15) is 53.9 Å². The van der Waals surface area contributed by atoms with Crippen molar-refractivity contribution >= 4 is 5.91 Å². The van der Waals surface area contributed by atoms with Crippen LogP contribution in [0.3, 0.4) is 0 Å². The number of carbonyl (C=O) groups is 1. The van der Waals surface area contributed by atoms with Crippen molar-refractivity contribution in [2.45, 2.75) is 66.0 Å². The molecule has 1 fully saturated rings. The molecular weight excluding hydrogens is 262 g/mol. The van der Waals surface area contributed by atoms with Gasteiger partial charge in [-0.2, -0.15) is 0 Å². The minimum atomic E-state index is 0.0103. The van der Waals surface area contributed by atoms with Crippen molar-refractivity contribution in [3.05, 3.63) is 0 Å². The van der Waals surface area contributed by atoms with E-state index in [9.17, 15) is 4.79 Å². The van der Waals surface area contributed by atoms with Crippen LogP contribution in [0.15, 0.2) is 0 Å². The largest absolute Gasteiger partial charge is 0.355 e. The van der Waals surface area contributed by atoms with Gasteiger partial charge < -0.3 is 10.6 Å². The van der Waals surface area contributed by atoms with Gasteiger partial charge in [0.1, 0.15) is 0 Å². The molecule has 1 saturated heterocycles. The zero-order chi connectivity index (χ0) is 15.8. The van der Waals surface area contributed by atoms with E-state index in [-0.39, 0.29) is 11.9 Å². The predicted molar refractivity (Wildman–Crippen MR) is 89.4 cm³/mol. The Bertz CT molecular complexity index is 296. The number of carbonyl (C=O) groups excluding carboxylic acids is 1. The molecule has 0 aromatic heterocycles. The smallest absolute Gasteiger partial charge is 0.237 e. The Kier molecular flexibility index (Phi) is 8.27. The maximum atomic E-state index is 12.2. The molecule has 1 aliphatic heterocycles. The molecule has 21 heavy (non-hydrogen) atoms. The molecule has 0 saturated carbocycles. The number of rotatable bonds is 8.